The monoisotopic (exact) mass is 250 g/mol. The Hall–Kier alpha value is -1.10. The summed E-state index contributed by atoms with van der Waals surface area (Å²) >= 11 is 0. The summed E-state index contributed by atoms with van der Waals surface area (Å²) in [6.07, 6.45) is 2.53. The minimum atomic E-state index is 0.0919. The maximum atomic E-state index is 8.68. The lowest BCUT2D eigenvalue weighted by Crippen LogP contribution is -2.29. The highest BCUT2D eigenvalue weighted by molar-refractivity contribution is 5.49. The van der Waals surface area contributed by atoms with Crippen molar-refractivity contribution in [2.75, 3.05) is 31.3 Å². The summed E-state index contributed by atoms with van der Waals surface area (Å²) in [5.74, 6) is 0. The predicted molar refractivity (Wildman–Crippen MR) is 72.6 cm³/mol. The fourth-order valence-electron chi connectivity index (χ4n) is 2.06. The summed E-state index contributed by atoms with van der Waals surface area (Å²) in [6, 6.07) is 9.09. The molecule has 1 saturated carbocycles. The summed E-state index contributed by atoms with van der Waals surface area (Å²) in [4.78, 5) is 2.39. The smallest absolute Gasteiger partial charge is 0.0698 e. The summed E-state index contributed by atoms with van der Waals surface area (Å²) in [6.45, 7) is 2.64. The fraction of sp³-hybridized carbons (Fsp3) is 0.571. The lowest BCUT2D eigenvalue weighted by Gasteiger charge is -2.24. The van der Waals surface area contributed by atoms with E-state index in [0.29, 0.717) is 25.8 Å². The third-order valence-corrected chi connectivity index (χ3v) is 3.20. The Kier molecular flexibility index (Phi) is 4.99. The van der Waals surface area contributed by atoms with Crippen molar-refractivity contribution in [1.29, 1.82) is 0 Å². The molecule has 100 valence electrons. The first-order valence-electron chi connectivity index (χ1n) is 6.59. The molecule has 0 atom stereocenters. The molecule has 0 saturated heterocycles. The molecule has 0 aliphatic heterocycles. The highest BCUT2D eigenvalue weighted by atomic mass is 16.5. The van der Waals surface area contributed by atoms with Gasteiger partial charge in [0, 0.05) is 24.8 Å². The van der Waals surface area contributed by atoms with E-state index in [1.807, 2.05) is 0 Å². The Bertz CT molecular complexity index is 349. The molecule has 0 bridgehead atoms. The molecular formula is C14H22N2O2. The number of aliphatic hydroxyl groups is 1. The maximum absolute atomic E-state index is 8.68. The van der Waals surface area contributed by atoms with Gasteiger partial charge < -0.3 is 20.5 Å². The van der Waals surface area contributed by atoms with Gasteiger partial charge in [-0.25, -0.2) is 0 Å². The van der Waals surface area contributed by atoms with Crippen LogP contribution in [0.3, 0.4) is 0 Å². The third kappa shape index (κ3) is 3.70. The van der Waals surface area contributed by atoms with Gasteiger partial charge >= 0.3 is 0 Å². The van der Waals surface area contributed by atoms with E-state index >= 15 is 0 Å². The molecule has 3 N–H and O–H groups in total. The van der Waals surface area contributed by atoms with Gasteiger partial charge in [-0.05, 0) is 30.5 Å². The highest BCUT2D eigenvalue weighted by Gasteiger charge is 2.28. The van der Waals surface area contributed by atoms with Crippen molar-refractivity contribution in [2.45, 2.75) is 25.4 Å². The summed E-state index contributed by atoms with van der Waals surface area (Å²) in [7, 11) is 0. The van der Waals surface area contributed by atoms with Crippen LogP contribution in [-0.2, 0) is 11.3 Å². The Morgan fingerprint density at radius 3 is 2.50 bits per heavy atom. The van der Waals surface area contributed by atoms with Crippen LogP contribution < -0.4 is 10.6 Å². The molecule has 1 fully saturated rings. The third-order valence-electron chi connectivity index (χ3n) is 3.20. The van der Waals surface area contributed by atoms with Crippen LogP contribution in [0.5, 0.6) is 0 Å². The van der Waals surface area contributed by atoms with Crippen LogP contribution in [0.15, 0.2) is 24.3 Å². The molecular weight excluding hydrogens is 228 g/mol. The molecule has 4 heteroatoms. The van der Waals surface area contributed by atoms with Crippen molar-refractivity contribution >= 4 is 5.69 Å². The quantitative estimate of drug-likeness (QED) is 0.679. The van der Waals surface area contributed by atoms with Crippen LogP contribution in [0.2, 0.25) is 0 Å². The van der Waals surface area contributed by atoms with Gasteiger partial charge in [-0.2, -0.15) is 0 Å². The molecule has 1 aliphatic carbocycles. The zero-order valence-electron chi connectivity index (χ0n) is 10.7. The van der Waals surface area contributed by atoms with Gasteiger partial charge in [-0.3, -0.25) is 0 Å². The van der Waals surface area contributed by atoms with Crippen molar-refractivity contribution in [3.63, 3.8) is 0 Å². The standard InChI is InChI=1S/C14H22N2O2/c15-11-12-1-3-13(4-2-12)16(14-5-6-14)7-9-18-10-8-17/h1-4,14,17H,5-11,15H2. The molecule has 1 aromatic rings. The van der Waals surface area contributed by atoms with Crippen LogP contribution in [0.1, 0.15) is 18.4 Å². The largest absolute Gasteiger partial charge is 0.394 e. The van der Waals surface area contributed by atoms with E-state index in [4.69, 9.17) is 15.6 Å². The SMILES string of the molecule is NCc1ccc(N(CCOCCO)C2CC2)cc1. The van der Waals surface area contributed by atoms with Crippen molar-refractivity contribution in [1.82, 2.24) is 0 Å². The van der Waals surface area contributed by atoms with Gasteiger partial charge in [0.05, 0.1) is 19.8 Å². The number of benzene rings is 1. The molecule has 2 rings (SSSR count). The fourth-order valence-corrected chi connectivity index (χ4v) is 2.06. The number of ether oxygens (including phenoxy) is 1. The van der Waals surface area contributed by atoms with Crippen LogP contribution in [0.4, 0.5) is 5.69 Å². The topological polar surface area (TPSA) is 58.7 Å². The van der Waals surface area contributed by atoms with E-state index in [1.54, 1.807) is 0 Å². The number of nitrogens with two attached hydrogens (primary N) is 1. The van der Waals surface area contributed by atoms with Crippen LogP contribution in [-0.4, -0.2) is 37.5 Å². The average Bonchev–Trinajstić information content (AvgIpc) is 3.24. The first-order valence-corrected chi connectivity index (χ1v) is 6.59. The van der Waals surface area contributed by atoms with Crippen molar-refractivity contribution < 1.29 is 9.84 Å². The zero-order valence-corrected chi connectivity index (χ0v) is 10.7. The van der Waals surface area contributed by atoms with E-state index in [0.717, 1.165) is 12.1 Å². The zero-order chi connectivity index (χ0) is 12.8. The van der Waals surface area contributed by atoms with Crippen LogP contribution >= 0.6 is 0 Å². The number of aliphatic hydroxyl groups excluding tert-OH is 1. The molecule has 0 amide bonds. The lowest BCUT2D eigenvalue weighted by molar-refractivity contribution is 0.0965. The number of nitrogens with zero attached hydrogens (tertiary/aromatic N) is 1. The van der Waals surface area contributed by atoms with E-state index in [1.165, 1.54) is 18.5 Å². The number of anilines is 1. The van der Waals surface area contributed by atoms with Gasteiger partial charge in [0.25, 0.3) is 0 Å². The predicted octanol–water partition coefficient (Wildman–Crippen LogP) is 1.12. The molecule has 0 aromatic heterocycles. The number of hydrogen-bond donors (Lipinski definition) is 2. The normalized spacial score (nSPS) is 14.8. The second kappa shape index (κ2) is 6.73. The molecule has 0 radical (unpaired) electrons. The molecule has 1 aliphatic rings. The van der Waals surface area contributed by atoms with E-state index < -0.39 is 0 Å². The van der Waals surface area contributed by atoms with Crippen LogP contribution in [0, 0.1) is 0 Å². The van der Waals surface area contributed by atoms with E-state index in [9.17, 15) is 0 Å². The molecule has 0 spiro atoms. The Morgan fingerprint density at radius 2 is 1.94 bits per heavy atom. The van der Waals surface area contributed by atoms with Gasteiger partial charge in [0.15, 0.2) is 0 Å². The Balaban J connectivity index is 1.91. The van der Waals surface area contributed by atoms with Crippen molar-refractivity contribution in [3.05, 3.63) is 29.8 Å². The first-order chi connectivity index (χ1) is 8.85. The Labute approximate surface area is 108 Å². The van der Waals surface area contributed by atoms with Crippen LogP contribution in [0.25, 0.3) is 0 Å². The van der Waals surface area contributed by atoms with Crippen molar-refractivity contribution in [2.24, 2.45) is 5.73 Å². The van der Waals surface area contributed by atoms with Gasteiger partial charge in [0.2, 0.25) is 0 Å². The maximum Gasteiger partial charge on any atom is 0.0698 e. The van der Waals surface area contributed by atoms with Crippen molar-refractivity contribution in [3.8, 4) is 0 Å². The minimum absolute atomic E-state index is 0.0919. The highest BCUT2D eigenvalue weighted by Crippen LogP contribution is 2.31. The number of rotatable bonds is 8. The van der Waals surface area contributed by atoms with E-state index in [-0.39, 0.29) is 6.61 Å². The van der Waals surface area contributed by atoms with Gasteiger partial charge in [-0.15, -0.1) is 0 Å². The van der Waals surface area contributed by atoms with E-state index in [2.05, 4.69) is 29.2 Å². The molecule has 4 nitrogen and oxygen atoms in total. The first kappa shape index (κ1) is 13.3. The average molecular weight is 250 g/mol. The molecule has 18 heavy (non-hydrogen) atoms. The second-order valence-electron chi connectivity index (χ2n) is 4.63. The second-order valence-corrected chi connectivity index (χ2v) is 4.63. The van der Waals surface area contributed by atoms with Gasteiger partial charge in [-0.1, -0.05) is 12.1 Å². The summed E-state index contributed by atoms with van der Waals surface area (Å²) < 4.78 is 5.35. The summed E-state index contributed by atoms with van der Waals surface area (Å²) in [5, 5.41) is 8.68. The molecule has 1 aromatic carbocycles. The van der Waals surface area contributed by atoms with Gasteiger partial charge in [0.1, 0.15) is 0 Å². The lowest BCUT2D eigenvalue weighted by atomic mass is 10.2. The minimum Gasteiger partial charge on any atom is -0.394 e. The Morgan fingerprint density at radius 1 is 1.22 bits per heavy atom. The molecule has 0 unspecified atom stereocenters. The molecule has 0 heterocycles. The number of hydrogen-bond acceptors (Lipinski definition) is 4. The summed E-state index contributed by atoms with van der Waals surface area (Å²) in [5.41, 5.74) is 8.00.